The summed E-state index contributed by atoms with van der Waals surface area (Å²) in [6.07, 6.45) is 6.29. The monoisotopic (exact) mass is 343 g/mol. The van der Waals surface area contributed by atoms with Crippen LogP contribution in [0.3, 0.4) is 0 Å². The largest absolute Gasteiger partial charge is 0.278 e. The van der Waals surface area contributed by atoms with Crippen molar-refractivity contribution in [3.8, 4) is 5.95 Å². The van der Waals surface area contributed by atoms with E-state index in [0.29, 0.717) is 12.4 Å². The number of nitrogens with zero attached hydrogens (tertiary/aromatic N) is 3. The maximum atomic E-state index is 13.2. The lowest BCUT2D eigenvalue weighted by molar-refractivity contribution is 0.627. The van der Waals surface area contributed by atoms with Gasteiger partial charge in [0.25, 0.3) is 0 Å². The SMILES string of the molecule is C/C=C(\Cc1ccc(F)cc1)c1cc2ccccc2n1-c1ncccn1. The van der Waals surface area contributed by atoms with Crippen molar-refractivity contribution < 1.29 is 4.39 Å². The van der Waals surface area contributed by atoms with Crippen molar-refractivity contribution in [2.24, 2.45) is 0 Å². The van der Waals surface area contributed by atoms with Crippen molar-refractivity contribution >= 4 is 16.5 Å². The summed E-state index contributed by atoms with van der Waals surface area (Å²) in [4.78, 5) is 8.88. The van der Waals surface area contributed by atoms with Gasteiger partial charge in [0.1, 0.15) is 5.82 Å². The van der Waals surface area contributed by atoms with E-state index >= 15 is 0 Å². The molecule has 4 heteroatoms. The molecule has 0 saturated heterocycles. The lowest BCUT2D eigenvalue weighted by Gasteiger charge is -2.12. The summed E-state index contributed by atoms with van der Waals surface area (Å²) in [7, 11) is 0. The maximum Gasteiger partial charge on any atom is 0.234 e. The van der Waals surface area contributed by atoms with E-state index in [-0.39, 0.29) is 5.82 Å². The molecule has 0 atom stereocenters. The van der Waals surface area contributed by atoms with E-state index in [0.717, 1.165) is 27.7 Å². The molecule has 0 unspecified atom stereocenters. The first-order valence-electron chi connectivity index (χ1n) is 8.54. The van der Waals surface area contributed by atoms with Gasteiger partial charge in [-0.25, -0.2) is 14.4 Å². The fourth-order valence-electron chi connectivity index (χ4n) is 3.18. The molecular formula is C22H18FN3. The second-order valence-electron chi connectivity index (χ2n) is 6.09. The molecule has 26 heavy (non-hydrogen) atoms. The second-order valence-corrected chi connectivity index (χ2v) is 6.09. The minimum atomic E-state index is -0.220. The van der Waals surface area contributed by atoms with Crippen LogP contribution >= 0.6 is 0 Å². The molecule has 0 bridgehead atoms. The molecule has 2 heterocycles. The normalized spacial score (nSPS) is 11.8. The number of rotatable bonds is 4. The average molecular weight is 343 g/mol. The summed E-state index contributed by atoms with van der Waals surface area (Å²) in [6, 6.07) is 18.8. The van der Waals surface area contributed by atoms with Crippen molar-refractivity contribution in [3.63, 3.8) is 0 Å². The number of fused-ring (bicyclic) bond motifs is 1. The van der Waals surface area contributed by atoms with E-state index in [1.165, 1.54) is 12.1 Å². The third-order valence-electron chi connectivity index (χ3n) is 4.45. The van der Waals surface area contributed by atoms with Gasteiger partial charge in [0, 0.05) is 17.8 Å². The van der Waals surface area contributed by atoms with Crippen LogP contribution in [0.4, 0.5) is 4.39 Å². The van der Waals surface area contributed by atoms with Crippen LogP contribution in [0.5, 0.6) is 0 Å². The van der Waals surface area contributed by atoms with Gasteiger partial charge in [0.05, 0.1) is 11.2 Å². The van der Waals surface area contributed by atoms with E-state index in [1.807, 2.05) is 37.3 Å². The Hall–Kier alpha value is -3.27. The highest BCUT2D eigenvalue weighted by molar-refractivity contribution is 5.87. The number of aromatic nitrogens is 3. The minimum absolute atomic E-state index is 0.220. The third kappa shape index (κ3) is 3.02. The zero-order valence-corrected chi connectivity index (χ0v) is 14.4. The van der Waals surface area contributed by atoms with Crippen molar-refractivity contribution in [1.82, 2.24) is 14.5 Å². The highest BCUT2D eigenvalue weighted by atomic mass is 19.1. The zero-order chi connectivity index (χ0) is 17.9. The molecule has 2 aromatic carbocycles. The number of hydrogen-bond acceptors (Lipinski definition) is 2. The first-order valence-corrected chi connectivity index (χ1v) is 8.54. The summed E-state index contributed by atoms with van der Waals surface area (Å²) in [5.41, 5.74) is 4.31. The molecule has 2 aromatic heterocycles. The van der Waals surface area contributed by atoms with Crippen LogP contribution in [0, 0.1) is 5.82 Å². The van der Waals surface area contributed by atoms with Crippen LogP contribution in [-0.4, -0.2) is 14.5 Å². The number of para-hydroxylation sites is 1. The molecule has 4 rings (SSSR count). The molecule has 0 aliphatic carbocycles. The van der Waals surface area contributed by atoms with Crippen molar-refractivity contribution in [2.75, 3.05) is 0 Å². The fraction of sp³-hybridized carbons (Fsp3) is 0.0909. The van der Waals surface area contributed by atoms with Crippen LogP contribution in [0.15, 0.2) is 79.1 Å². The quantitative estimate of drug-likeness (QED) is 0.509. The molecule has 0 N–H and O–H groups in total. The van der Waals surface area contributed by atoms with E-state index in [1.54, 1.807) is 12.4 Å². The van der Waals surface area contributed by atoms with Crippen LogP contribution in [0.25, 0.3) is 22.4 Å². The predicted molar refractivity (Wildman–Crippen MR) is 103 cm³/mol. The van der Waals surface area contributed by atoms with Gasteiger partial charge in [0.2, 0.25) is 5.95 Å². The molecule has 0 aliphatic rings. The van der Waals surface area contributed by atoms with Crippen LogP contribution < -0.4 is 0 Å². The highest BCUT2D eigenvalue weighted by Crippen LogP contribution is 2.29. The fourth-order valence-corrected chi connectivity index (χ4v) is 3.18. The van der Waals surface area contributed by atoms with Gasteiger partial charge in [-0.3, -0.25) is 4.57 Å². The molecule has 0 radical (unpaired) electrons. The first kappa shape index (κ1) is 16.2. The zero-order valence-electron chi connectivity index (χ0n) is 14.4. The Morgan fingerprint density at radius 2 is 1.73 bits per heavy atom. The lowest BCUT2D eigenvalue weighted by atomic mass is 10.0. The predicted octanol–water partition coefficient (Wildman–Crippen LogP) is 5.21. The summed E-state index contributed by atoms with van der Waals surface area (Å²) in [6.45, 7) is 2.02. The number of hydrogen-bond donors (Lipinski definition) is 0. The second kappa shape index (κ2) is 6.92. The van der Waals surface area contributed by atoms with Crippen LogP contribution in [0.2, 0.25) is 0 Å². The Labute approximate surface area is 151 Å². The Bertz CT molecular complexity index is 1060. The molecule has 3 nitrogen and oxygen atoms in total. The molecule has 0 amide bonds. The van der Waals surface area contributed by atoms with E-state index in [2.05, 4.69) is 38.8 Å². The topological polar surface area (TPSA) is 30.7 Å². The summed E-state index contributed by atoms with van der Waals surface area (Å²) >= 11 is 0. The van der Waals surface area contributed by atoms with Crippen LogP contribution in [-0.2, 0) is 6.42 Å². The van der Waals surface area contributed by atoms with Crippen LogP contribution in [0.1, 0.15) is 18.2 Å². The molecule has 4 aromatic rings. The number of halogens is 1. The van der Waals surface area contributed by atoms with Gasteiger partial charge in [-0.15, -0.1) is 0 Å². The highest BCUT2D eigenvalue weighted by Gasteiger charge is 2.15. The maximum absolute atomic E-state index is 13.2. The Balaban J connectivity index is 1.85. The van der Waals surface area contributed by atoms with Gasteiger partial charge < -0.3 is 0 Å². The molecule has 0 saturated carbocycles. The van der Waals surface area contributed by atoms with Gasteiger partial charge in [-0.1, -0.05) is 36.4 Å². The summed E-state index contributed by atoms with van der Waals surface area (Å²) < 4.78 is 15.3. The number of benzene rings is 2. The molecular weight excluding hydrogens is 325 g/mol. The summed E-state index contributed by atoms with van der Waals surface area (Å²) in [5, 5.41) is 1.13. The molecule has 0 spiro atoms. The van der Waals surface area contributed by atoms with E-state index in [4.69, 9.17) is 0 Å². The Kier molecular flexibility index (Phi) is 4.32. The van der Waals surface area contributed by atoms with Crippen molar-refractivity contribution in [1.29, 1.82) is 0 Å². The molecule has 0 aliphatic heterocycles. The van der Waals surface area contributed by atoms with Crippen molar-refractivity contribution in [2.45, 2.75) is 13.3 Å². The first-order chi connectivity index (χ1) is 12.8. The standard InChI is InChI=1S/C22H18FN3/c1-2-17(14-16-8-10-19(23)11-9-16)21-15-18-6-3-4-7-20(18)26(21)22-24-12-5-13-25-22/h2-13,15H,14H2,1H3/b17-2+. The molecule has 128 valence electrons. The van der Waals surface area contributed by atoms with E-state index < -0.39 is 0 Å². The minimum Gasteiger partial charge on any atom is -0.278 e. The molecule has 0 fully saturated rings. The van der Waals surface area contributed by atoms with Gasteiger partial charge in [0.15, 0.2) is 0 Å². The Morgan fingerprint density at radius 1 is 1.00 bits per heavy atom. The summed E-state index contributed by atoms with van der Waals surface area (Å²) in [5.74, 6) is 0.421. The van der Waals surface area contributed by atoms with Gasteiger partial charge in [-0.05, 0) is 54.8 Å². The van der Waals surface area contributed by atoms with E-state index in [9.17, 15) is 4.39 Å². The average Bonchev–Trinajstić information content (AvgIpc) is 3.07. The van der Waals surface area contributed by atoms with Gasteiger partial charge in [-0.2, -0.15) is 0 Å². The lowest BCUT2D eigenvalue weighted by Crippen LogP contribution is -2.05. The third-order valence-corrected chi connectivity index (χ3v) is 4.45. The van der Waals surface area contributed by atoms with Crippen molar-refractivity contribution in [3.05, 3.63) is 96.2 Å². The smallest absolute Gasteiger partial charge is 0.234 e. The number of allylic oxidation sites excluding steroid dienone is 2. The Morgan fingerprint density at radius 3 is 2.46 bits per heavy atom. The van der Waals surface area contributed by atoms with Gasteiger partial charge >= 0.3 is 0 Å².